The van der Waals surface area contributed by atoms with E-state index in [1.165, 1.54) is 31.4 Å². The number of carbonyl (C=O) groups is 2. The van der Waals surface area contributed by atoms with Crippen LogP contribution in [0.4, 0.5) is 10.5 Å². The largest absolute Gasteiger partial charge is 0.507 e. The maximum absolute atomic E-state index is 11.2. The molecular weight excluding hydrogens is 238 g/mol. The summed E-state index contributed by atoms with van der Waals surface area (Å²) >= 11 is 0. The Morgan fingerprint density at radius 3 is 2.78 bits per heavy atom. The van der Waals surface area contributed by atoms with E-state index in [4.69, 9.17) is 4.74 Å². The molecule has 0 fully saturated rings. The topological polar surface area (TPSA) is 84.9 Å². The Balaban J connectivity index is 2.75. The molecule has 1 aromatic rings. The Hall–Kier alpha value is -2.50. The number of phenolic OH excluding ortho intramolecular Hbond substituents is 1. The molecule has 0 bridgehead atoms. The first kappa shape index (κ1) is 13.6. The molecule has 6 nitrogen and oxygen atoms in total. The van der Waals surface area contributed by atoms with Crippen molar-refractivity contribution >= 4 is 17.7 Å². The molecule has 0 atom stereocenters. The minimum atomic E-state index is -0.680. The third-order valence-corrected chi connectivity index (χ3v) is 1.98. The fourth-order valence-electron chi connectivity index (χ4n) is 1.18. The molecule has 0 aliphatic rings. The third kappa shape index (κ3) is 3.51. The van der Waals surface area contributed by atoms with Crippen LogP contribution in [0, 0.1) is 0 Å². The van der Waals surface area contributed by atoms with E-state index in [1.807, 2.05) is 0 Å². The minimum absolute atomic E-state index is 0.0162. The molecule has 2 N–H and O–H groups in total. The van der Waals surface area contributed by atoms with Gasteiger partial charge in [-0.3, -0.25) is 5.32 Å². The predicted octanol–water partition coefficient (Wildman–Crippen LogP) is 1.91. The summed E-state index contributed by atoms with van der Waals surface area (Å²) in [5.74, 6) is -0.948. The van der Waals surface area contributed by atoms with Crippen molar-refractivity contribution < 1.29 is 24.2 Å². The van der Waals surface area contributed by atoms with Crippen molar-refractivity contribution in [3.63, 3.8) is 0 Å². The van der Waals surface area contributed by atoms with Crippen LogP contribution < -0.4 is 5.32 Å². The summed E-state index contributed by atoms with van der Waals surface area (Å²) in [6.45, 7) is 3.48. The van der Waals surface area contributed by atoms with E-state index in [1.54, 1.807) is 0 Å². The molecule has 0 saturated heterocycles. The molecule has 96 valence electrons. The highest BCUT2D eigenvalue weighted by Gasteiger charge is 2.12. The van der Waals surface area contributed by atoms with Crippen molar-refractivity contribution in [1.82, 2.24) is 0 Å². The third-order valence-electron chi connectivity index (χ3n) is 1.98. The normalized spacial score (nSPS) is 9.39. The summed E-state index contributed by atoms with van der Waals surface area (Å²) in [6, 6.07) is 4.01. The molecule has 0 radical (unpaired) electrons. The van der Waals surface area contributed by atoms with Crippen LogP contribution in [0.2, 0.25) is 0 Å². The average molecular weight is 251 g/mol. The summed E-state index contributed by atoms with van der Waals surface area (Å²) in [7, 11) is 1.21. The molecule has 0 aliphatic carbocycles. The van der Waals surface area contributed by atoms with E-state index in [2.05, 4.69) is 16.6 Å². The first-order chi connectivity index (χ1) is 8.58. The molecule has 0 spiro atoms. The number of aromatic hydroxyl groups is 1. The lowest BCUT2D eigenvalue weighted by Crippen LogP contribution is -2.13. The Morgan fingerprint density at radius 1 is 1.50 bits per heavy atom. The van der Waals surface area contributed by atoms with Gasteiger partial charge in [-0.1, -0.05) is 12.7 Å². The van der Waals surface area contributed by atoms with Gasteiger partial charge in [0.2, 0.25) is 0 Å². The molecule has 0 unspecified atom stereocenters. The number of anilines is 1. The molecule has 1 amide bonds. The van der Waals surface area contributed by atoms with Crippen LogP contribution in [0.3, 0.4) is 0 Å². The molecule has 6 heteroatoms. The molecule has 0 saturated carbocycles. The quantitative estimate of drug-likeness (QED) is 0.630. The fourth-order valence-corrected chi connectivity index (χ4v) is 1.18. The van der Waals surface area contributed by atoms with E-state index in [-0.39, 0.29) is 17.9 Å². The molecule has 0 aliphatic heterocycles. The SMILES string of the molecule is C=CCOC(=O)Nc1ccc(C(=O)OC)c(O)c1. The van der Waals surface area contributed by atoms with Gasteiger partial charge in [-0.05, 0) is 12.1 Å². The lowest BCUT2D eigenvalue weighted by Gasteiger charge is -2.07. The number of phenols is 1. The van der Waals surface area contributed by atoms with E-state index in [9.17, 15) is 14.7 Å². The number of hydrogen-bond donors (Lipinski definition) is 2. The molecule has 18 heavy (non-hydrogen) atoms. The average Bonchev–Trinajstić information content (AvgIpc) is 2.35. The Kier molecular flexibility index (Phi) is 4.74. The van der Waals surface area contributed by atoms with Crippen molar-refractivity contribution in [2.45, 2.75) is 0 Å². The lowest BCUT2D eigenvalue weighted by atomic mass is 10.2. The predicted molar refractivity (Wildman–Crippen MR) is 64.6 cm³/mol. The molecule has 0 heterocycles. The zero-order valence-corrected chi connectivity index (χ0v) is 9.80. The summed E-state index contributed by atoms with van der Waals surface area (Å²) in [5, 5.41) is 12.0. The van der Waals surface area contributed by atoms with Crippen molar-refractivity contribution in [3.8, 4) is 5.75 Å². The molecule has 0 aromatic heterocycles. The Labute approximate surface area is 104 Å². The molecule has 1 rings (SSSR count). The zero-order chi connectivity index (χ0) is 13.5. The highest BCUT2D eigenvalue weighted by atomic mass is 16.5. The number of benzene rings is 1. The summed E-state index contributed by atoms with van der Waals surface area (Å²) < 4.78 is 9.16. The van der Waals surface area contributed by atoms with Crippen LogP contribution in [0.1, 0.15) is 10.4 Å². The Morgan fingerprint density at radius 2 is 2.22 bits per heavy atom. The van der Waals surface area contributed by atoms with E-state index >= 15 is 0 Å². The highest BCUT2D eigenvalue weighted by Crippen LogP contribution is 2.22. The van der Waals surface area contributed by atoms with E-state index in [0.717, 1.165) is 0 Å². The number of carbonyl (C=O) groups excluding carboxylic acids is 2. The van der Waals surface area contributed by atoms with E-state index in [0.29, 0.717) is 5.69 Å². The van der Waals surface area contributed by atoms with Crippen LogP contribution in [0.5, 0.6) is 5.75 Å². The van der Waals surface area contributed by atoms with Crippen molar-refractivity contribution in [2.75, 3.05) is 19.0 Å². The Bertz CT molecular complexity index is 470. The van der Waals surface area contributed by atoms with Crippen molar-refractivity contribution in [2.24, 2.45) is 0 Å². The van der Waals surface area contributed by atoms with Crippen LogP contribution in [-0.2, 0) is 9.47 Å². The smallest absolute Gasteiger partial charge is 0.411 e. The van der Waals surface area contributed by atoms with Gasteiger partial charge in [0.1, 0.15) is 17.9 Å². The van der Waals surface area contributed by atoms with Gasteiger partial charge in [0, 0.05) is 11.8 Å². The number of hydrogen-bond acceptors (Lipinski definition) is 5. The second-order valence-electron chi connectivity index (χ2n) is 3.24. The monoisotopic (exact) mass is 251 g/mol. The number of amides is 1. The maximum atomic E-state index is 11.2. The van der Waals surface area contributed by atoms with Crippen LogP contribution in [-0.4, -0.2) is 30.9 Å². The van der Waals surface area contributed by atoms with Gasteiger partial charge in [0.05, 0.1) is 7.11 Å². The van der Waals surface area contributed by atoms with Gasteiger partial charge in [-0.25, -0.2) is 9.59 Å². The number of methoxy groups -OCH3 is 1. The number of nitrogens with one attached hydrogen (secondary N) is 1. The zero-order valence-electron chi connectivity index (χ0n) is 9.80. The van der Waals surface area contributed by atoms with Gasteiger partial charge in [-0.2, -0.15) is 0 Å². The molecule has 1 aromatic carbocycles. The van der Waals surface area contributed by atoms with Crippen molar-refractivity contribution in [3.05, 3.63) is 36.4 Å². The highest BCUT2D eigenvalue weighted by molar-refractivity contribution is 5.94. The molecular formula is C12H13NO5. The first-order valence-corrected chi connectivity index (χ1v) is 5.04. The van der Waals surface area contributed by atoms with Crippen LogP contribution in [0.25, 0.3) is 0 Å². The lowest BCUT2D eigenvalue weighted by molar-refractivity contribution is 0.0597. The number of ether oxygens (including phenoxy) is 2. The standard InChI is InChI=1S/C12H13NO5/c1-3-6-18-12(16)13-8-4-5-9(10(14)7-8)11(15)17-2/h3-5,7,14H,1,6H2,2H3,(H,13,16). The van der Waals surface area contributed by atoms with E-state index < -0.39 is 12.1 Å². The van der Waals surface area contributed by atoms with Gasteiger partial charge >= 0.3 is 12.1 Å². The van der Waals surface area contributed by atoms with Gasteiger partial charge in [-0.15, -0.1) is 0 Å². The summed E-state index contributed by atoms with van der Waals surface area (Å²) in [4.78, 5) is 22.4. The van der Waals surface area contributed by atoms with Crippen LogP contribution >= 0.6 is 0 Å². The van der Waals surface area contributed by atoms with Gasteiger partial charge in [0.15, 0.2) is 0 Å². The van der Waals surface area contributed by atoms with Gasteiger partial charge in [0.25, 0.3) is 0 Å². The minimum Gasteiger partial charge on any atom is -0.507 e. The number of esters is 1. The summed E-state index contributed by atoms with van der Waals surface area (Å²) in [5.41, 5.74) is 0.316. The number of rotatable bonds is 4. The second-order valence-corrected chi connectivity index (χ2v) is 3.24. The maximum Gasteiger partial charge on any atom is 0.411 e. The van der Waals surface area contributed by atoms with Crippen molar-refractivity contribution in [1.29, 1.82) is 0 Å². The fraction of sp³-hybridized carbons (Fsp3) is 0.167. The summed E-state index contributed by atoms with van der Waals surface area (Å²) in [6.07, 6.45) is 0.748. The second kappa shape index (κ2) is 6.29. The first-order valence-electron chi connectivity index (χ1n) is 5.04. The van der Waals surface area contributed by atoms with Gasteiger partial charge < -0.3 is 14.6 Å². The van der Waals surface area contributed by atoms with Crippen LogP contribution in [0.15, 0.2) is 30.9 Å².